The first kappa shape index (κ1) is 16.8. The lowest BCUT2D eigenvalue weighted by Gasteiger charge is -2.10. The minimum absolute atomic E-state index is 0.244. The molecule has 3 heteroatoms. The van der Waals surface area contributed by atoms with Gasteiger partial charge in [0.2, 0.25) is 0 Å². The number of phenols is 1. The van der Waals surface area contributed by atoms with E-state index in [9.17, 15) is 5.11 Å². The van der Waals surface area contributed by atoms with Gasteiger partial charge in [0, 0.05) is 33.5 Å². The lowest BCUT2D eigenvalue weighted by molar-refractivity contribution is 0.478. The van der Waals surface area contributed by atoms with Crippen LogP contribution in [0.4, 0.5) is 0 Å². The average Bonchev–Trinajstić information content (AvgIpc) is 3.18. The maximum atomic E-state index is 10.7. The Balaban J connectivity index is 1.55. The minimum atomic E-state index is 0.244. The molecule has 0 atom stereocenters. The van der Waals surface area contributed by atoms with Crippen LogP contribution in [-0.4, -0.2) is 10.1 Å². The van der Waals surface area contributed by atoms with Gasteiger partial charge in [0.05, 0.1) is 5.52 Å². The van der Waals surface area contributed by atoms with Crippen LogP contribution in [0.15, 0.2) is 102 Å². The van der Waals surface area contributed by atoms with E-state index in [0.29, 0.717) is 0 Å². The van der Waals surface area contributed by atoms with Crippen molar-refractivity contribution in [2.45, 2.75) is 0 Å². The molecule has 0 saturated carbocycles. The smallest absolute Gasteiger partial charge is 0.136 e. The lowest BCUT2D eigenvalue weighted by Crippen LogP contribution is -1.86. The highest BCUT2D eigenvalue weighted by Crippen LogP contribution is 2.42. The number of para-hydroxylation sites is 2. The molecule has 0 spiro atoms. The maximum absolute atomic E-state index is 10.7. The number of hydrogen-bond donors (Lipinski definition) is 1. The van der Waals surface area contributed by atoms with Gasteiger partial charge in [-0.05, 0) is 35.4 Å². The Labute approximate surface area is 172 Å². The summed E-state index contributed by atoms with van der Waals surface area (Å²) < 4.78 is 5.99. The molecule has 0 saturated heterocycles. The number of nitrogens with zero attached hydrogens (tertiary/aromatic N) is 1. The third-order valence-electron chi connectivity index (χ3n) is 5.64. The Bertz CT molecular complexity index is 1540. The molecular formula is C27H17NO2. The van der Waals surface area contributed by atoms with Crippen LogP contribution in [0.2, 0.25) is 0 Å². The van der Waals surface area contributed by atoms with Crippen molar-refractivity contribution in [3.8, 4) is 28.0 Å². The van der Waals surface area contributed by atoms with Crippen LogP contribution in [0, 0.1) is 0 Å². The summed E-state index contributed by atoms with van der Waals surface area (Å²) >= 11 is 0. The second-order valence-electron chi connectivity index (χ2n) is 7.39. The number of hydrogen-bond acceptors (Lipinski definition) is 3. The molecule has 2 heterocycles. The van der Waals surface area contributed by atoms with Gasteiger partial charge < -0.3 is 9.52 Å². The van der Waals surface area contributed by atoms with Gasteiger partial charge in [0.15, 0.2) is 0 Å². The van der Waals surface area contributed by atoms with E-state index in [-0.39, 0.29) is 5.75 Å². The van der Waals surface area contributed by atoms with Crippen LogP contribution >= 0.6 is 0 Å². The van der Waals surface area contributed by atoms with Gasteiger partial charge in [0.1, 0.15) is 16.9 Å². The molecule has 0 unspecified atom stereocenters. The first-order chi connectivity index (χ1) is 14.8. The number of furan rings is 1. The maximum Gasteiger partial charge on any atom is 0.136 e. The van der Waals surface area contributed by atoms with E-state index in [1.807, 2.05) is 54.7 Å². The van der Waals surface area contributed by atoms with E-state index in [1.54, 1.807) is 6.07 Å². The Morgan fingerprint density at radius 3 is 2.37 bits per heavy atom. The van der Waals surface area contributed by atoms with Crippen LogP contribution in [0.1, 0.15) is 0 Å². The van der Waals surface area contributed by atoms with Crippen LogP contribution in [0.3, 0.4) is 0 Å². The fourth-order valence-corrected chi connectivity index (χ4v) is 4.25. The monoisotopic (exact) mass is 387 g/mol. The molecule has 0 aliphatic heterocycles. The summed E-state index contributed by atoms with van der Waals surface area (Å²) in [6, 6.07) is 29.9. The van der Waals surface area contributed by atoms with Crippen molar-refractivity contribution in [3.05, 3.63) is 97.2 Å². The van der Waals surface area contributed by atoms with Crippen LogP contribution in [-0.2, 0) is 0 Å². The van der Waals surface area contributed by atoms with E-state index in [4.69, 9.17) is 4.42 Å². The van der Waals surface area contributed by atoms with E-state index >= 15 is 0 Å². The Hall–Kier alpha value is -4.11. The van der Waals surface area contributed by atoms with Crippen molar-refractivity contribution < 1.29 is 9.52 Å². The highest BCUT2D eigenvalue weighted by molar-refractivity contribution is 6.13. The molecule has 0 aliphatic carbocycles. The molecule has 4 aromatic carbocycles. The summed E-state index contributed by atoms with van der Waals surface area (Å²) in [4.78, 5) is 4.57. The fourth-order valence-electron chi connectivity index (χ4n) is 4.25. The van der Waals surface area contributed by atoms with E-state index < -0.39 is 0 Å². The van der Waals surface area contributed by atoms with Gasteiger partial charge in [-0.1, -0.05) is 66.7 Å². The first-order valence-corrected chi connectivity index (χ1v) is 9.87. The number of benzene rings is 4. The first-order valence-electron chi connectivity index (χ1n) is 9.87. The number of pyridine rings is 1. The van der Waals surface area contributed by atoms with Crippen molar-refractivity contribution in [1.29, 1.82) is 0 Å². The molecule has 0 fully saturated rings. The van der Waals surface area contributed by atoms with Gasteiger partial charge in [-0.3, -0.25) is 4.98 Å². The molecule has 6 aromatic rings. The number of aromatic nitrogens is 1. The third-order valence-corrected chi connectivity index (χ3v) is 5.64. The second kappa shape index (κ2) is 6.46. The van der Waals surface area contributed by atoms with Gasteiger partial charge >= 0.3 is 0 Å². The van der Waals surface area contributed by atoms with Crippen molar-refractivity contribution in [1.82, 2.24) is 4.98 Å². The standard InChI is InChI=1S/C27H17NO2/c29-22-14-15-24-26(21-7-1-2-9-23(21)30-24)25(22)18-12-10-17(11-13-18)20-8-3-5-19-6-4-16-28-27(19)20/h1-16,29H. The van der Waals surface area contributed by atoms with Crippen LogP contribution in [0.25, 0.3) is 55.1 Å². The molecule has 0 amide bonds. The summed E-state index contributed by atoms with van der Waals surface area (Å²) in [5, 5.41) is 13.8. The number of rotatable bonds is 2. The SMILES string of the molecule is Oc1ccc2oc3ccccc3c2c1-c1ccc(-c2cccc3cccnc23)cc1. The summed E-state index contributed by atoms with van der Waals surface area (Å²) in [7, 11) is 0. The molecule has 3 nitrogen and oxygen atoms in total. The topological polar surface area (TPSA) is 46.3 Å². The van der Waals surface area contributed by atoms with Gasteiger partial charge in [-0.15, -0.1) is 0 Å². The second-order valence-corrected chi connectivity index (χ2v) is 7.39. The summed E-state index contributed by atoms with van der Waals surface area (Å²) in [6.45, 7) is 0. The Morgan fingerprint density at radius 1 is 0.667 bits per heavy atom. The zero-order valence-corrected chi connectivity index (χ0v) is 16.0. The molecule has 0 bridgehead atoms. The van der Waals surface area contributed by atoms with Crippen molar-refractivity contribution in [2.75, 3.05) is 0 Å². The number of aromatic hydroxyl groups is 1. The van der Waals surface area contributed by atoms with Crippen LogP contribution in [0.5, 0.6) is 5.75 Å². The average molecular weight is 387 g/mol. The summed E-state index contributed by atoms with van der Waals surface area (Å²) in [5.41, 5.74) is 6.49. The highest BCUT2D eigenvalue weighted by atomic mass is 16.3. The normalized spacial score (nSPS) is 11.5. The fraction of sp³-hybridized carbons (Fsp3) is 0. The van der Waals surface area contributed by atoms with E-state index in [2.05, 4.69) is 41.4 Å². The van der Waals surface area contributed by atoms with E-state index in [1.165, 1.54) is 0 Å². The van der Waals surface area contributed by atoms with Gasteiger partial charge in [0.25, 0.3) is 0 Å². The summed E-state index contributed by atoms with van der Waals surface area (Å²) in [5.74, 6) is 0.244. The molecule has 2 aromatic heterocycles. The van der Waals surface area contributed by atoms with Gasteiger partial charge in [-0.2, -0.15) is 0 Å². The number of fused-ring (bicyclic) bond motifs is 4. The quantitative estimate of drug-likeness (QED) is 0.342. The zero-order valence-electron chi connectivity index (χ0n) is 16.0. The van der Waals surface area contributed by atoms with Crippen LogP contribution < -0.4 is 0 Å². The lowest BCUT2D eigenvalue weighted by atomic mass is 9.95. The molecular weight excluding hydrogens is 370 g/mol. The highest BCUT2D eigenvalue weighted by Gasteiger charge is 2.16. The molecule has 142 valence electrons. The molecule has 1 N–H and O–H groups in total. The van der Waals surface area contributed by atoms with Crippen molar-refractivity contribution in [3.63, 3.8) is 0 Å². The zero-order chi connectivity index (χ0) is 20.1. The Morgan fingerprint density at radius 2 is 1.47 bits per heavy atom. The molecule has 0 aliphatic rings. The molecule has 30 heavy (non-hydrogen) atoms. The van der Waals surface area contributed by atoms with E-state index in [0.717, 1.165) is 55.1 Å². The summed E-state index contributed by atoms with van der Waals surface area (Å²) in [6.07, 6.45) is 1.82. The molecule has 6 rings (SSSR count). The predicted octanol–water partition coefficient (Wildman–Crippen LogP) is 7.17. The Kier molecular flexibility index (Phi) is 3.62. The van der Waals surface area contributed by atoms with Crippen molar-refractivity contribution in [2.24, 2.45) is 0 Å². The third kappa shape index (κ3) is 2.49. The minimum Gasteiger partial charge on any atom is -0.507 e. The predicted molar refractivity (Wildman–Crippen MR) is 122 cm³/mol. The number of phenolic OH excluding ortho intramolecular Hbond substituents is 1. The largest absolute Gasteiger partial charge is 0.507 e. The van der Waals surface area contributed by atoms with Crippen molar-refractivity contribution >= 4 is 32.8 Å². The molecule has 0 radical (unpaired) electrons. The van der Waals surface area contributed by atoms with Gasteiger partial charge in [-0.25, -0.2) is 0 Å².